The van der Waals surface area contributed by atoms with E-state index in [0.717, 1.165) is 15.2 Å². The van der Waals surface area contributed by atoms with Crippen LogP contribution in [0.4, 0.5) is 5.69 Å². The summed E-state index contributed by atoms with van der Waals surface area (Å²) in [6.07, 6.45) is 0. The van der Waals surface area contributed by atoms with Gasteiger partial charge in [-0.15, -0.1) is 21.5 Å². The molecule has 2 aromatic rings. The second-order valence-corrected chi connectivity index (χ2v) is 5.49. The Bertz CT molecular complexity index is 494. The molecule has 2 rings (SSSR count). The first-order valence-corrected chi connectivity index (χ1v) is 6.55. The second-order valence-electron chi connectivity index (χ2n) is 2.71. The maximum Gasteiger partial charge on any atom is 0.286 e. The first-order chi connectivity index (χ1) is 7.16. The van der Waals surface area contributed by atoms with Gasteiger partial charge in [0.1, 0.15) is 5.01 Å². The Morgan fingerprint density at radius 1 is 1.47 bits per heavy atom. The van der Waals surface area contributed by atoms with E-state index < -0.39 is 0 Å². The zero-order chi connectivity index (χ0) is 10.8. The molecule has 0 atom stereocenters. The van der Waals surface area contributed by atoms with E-state index in [2.05, 4.69) is 31.4 Å². The van der Waals surface area contributed by atoms with Crippen LogP contribution in [0.2, 0.25) is 0 Å². The molecule has 4 nitrogen and oxygen atoms in total. The van der Waals surface area contributed by atoms with Crippen molar-refractivity contribution < 1.29 is 4.79 Å². The standard InChI is InChI=1S/C8H6BrN3OS2/c1-4-11-12-8(15-4)7(13)10-6-3-14-2-5(6)9/h2-3H,1H3,(H,10,13). The number of hydrogen-bond acceptors (Lipinski definition) is 5. The molecule has 1 N–H and O–H groups in total. The van der Waals surface area contributed by atoms with Crippen LogP contribution in [0.15, 0.2) is 15.2 Å². The molecule has 0 saturated carbocycles. The lowest BCUT2D eigenvalue weighted by molar-refractivity contribution is 0.102. The maximum absolute atomic E-state index is 11.7. The van der Waals surface area contributed by atoms with Crippen LogP contribution >= 0.6 is 38.6 Å². The van der Waals surface area contributed by atoms with Gasteiger partial charge in [-0.2, -0.15) is 0 Å². The first kappa shape index (κ1) is 10.7. The molecule has 0 aliphatic carbocycles. The number of nitrogens with zero attached hydrogens (tertiary/aromatic N) is 2. The fourth-order valence-corrected chi connectivity index (χ4v) is 2.85. The zero-order valence-corrected chi connectivity index (χ0v) is 10.9. The van der Waals surface area contributed by atoms with Crippen molar-refractivity contribution in [3.8, 4) is 0 Å². The van der Waals surface area contributed by atoms with Crippen LogP contribution in [0.3, 0.4) is 0 Å². The van der Waals surface area contributed by atoms with Crippen LogP contribution in [0.5, 0.6) is 0 Å². The second kappa shape index (κ2) is 4.38. The van der Waals surface area contributed by atoms with Gasteiger partial charge in [-0.05, 0) is 22.9 Å². The average molecular weight is 304 g/mol. The maximum atomic E-state index is 11.7. The van der Waals surface area contributed by atoms with Crippen molar-refractivity contribution in [2.45, 2.75) is 6.92 Å². The Hall–Kier alpha value is -0.790. The van der Waals surface area contributed by atoms with E-state index in [1.807, 2.05) is 17.7 Å². The predicted molar refractivity (Wildman–Crippen MR) is 64.6 cm³/mol. The first-order valence-electron chi connectivity index (χ1n) is 4.00. The van der Waals surface area contributed by atoms with Crippen LogP contribution in [-0.4, -0.2) is 16.1 Å². The van der Waals surface area contributed by atoms with E-state index in [1.165, 1.54) is 22.7 Å². The number of thiophene rings is 1. The van der Waals surface area contributed by atoms with Crippen LogP contribution < -0.4 is 5.32 Å². The SMILES string of the molecule is Cc1nnc(C(=O)Nc2cscc2Br)s1. The number of amides is 1. The largest absolute Gasteiger partial charge is 0.318 e. The fourth-order valence-electron chi connectivity index (χ4n) is 0.935. The molecule has 0 aromatic carbocycles. The van der Waals surface area contributed by atoms with Gasteiger partial charge in [0.25, 0.3) is 5.91 Å². The molecule has 0 bridgehead atoms. The lowest BCUT2D eigenvalue weighted by atomic mass is 10.5. The number of carbonyl (C=O) groups excluding carboxylic acids is 1. The van der Waals surface area contributed by atoms with Crippen molar-refractivity contribution >= 4 is 50.2 Å². The van der Waals surface area contributed by atoms with Gasteiger partial charge in [-0.25, -0.2) is 0 Å². The lowest BCUT2D eigenvalue weighted by Crippen LogP contribution is -2.11. The van der Waals surface area contributed by atoms with Crippen molar-refractivity contribution in [1.29, 1.82) is 0 Å². The van der Waals surface area contributed by atoms with Gasteiger partial charge in [-0.1, -0.05) is 11.3 Å². The minimum absolute atomic E-state index is 0.222. The summed E-state index contributed by atoms with van der Waals surface area (Å²) < 4.78 is 0.877. The number of carbonyl (C=O) groups is 1. The minimum atomic E-state index is -0.222. The summed E-state index contributed by atoms with van der Waals surface area (Å²) >= 11 is 6.13. The van der Waals surface area contributed by atoms with Crippen LogP contribution in [0, 0.1) is 6.92 Å². The van der Waals surface area contributed by atoms with Crippen molar-refractivity contribution in [1.82, 2.24) is 10.2 Å². The Balaban J connectivity index is 2.14. The Labute approximate surface area is 102 Å². The van der Waals surface area contributed by atoms with Crippen molar-refractivity contribution in [3.05, 3.63) is 25.2 Å². The molecule has 2 aromatic heterocycles. The molecule has 0 saturated heterocycles. The molecule has 0 spiro atoms. The summed E-state index contributed by atoms with van der Waals surface area (Å²) in [5, 5.41) is 15.2. The van der Waals surface area contributed by atoms with Crippen molar-refractivity contribution in [2.75, 3.05) is 5.32 Å². The quantitative estimate of drug-likeness (QED) is 0.928. The number of nitrogens with one attached hydrogen (secondary N) is 1. The molecule has 15 heavy (non-hydrogen) atoms. The summed E-state index contributed by atoms with van der Waals surface area (Å²) in [7, 11) is 0. The zero-order valence-electron chi connectivity index (χ0n) is 7.65. The molecule has 0 fully saturated rings. The number of rotatable bonds is 2. The number of aryl methyl sites for hydroxylation is 1. The summed E-state index contributed by atoms with van der Waals surface area (Å²) in [6.45, 7) is 1.81. The predicted octanol–water partition coefficient (Wildman–Crippen LogP) is 2.92. The number of aromatic nitrogens is 2. The highest BCUT2D eigenvalue weighted by molar-refractivity contribution is 9.10. The van der Waals surface area contributed by atoms with Crippen LogP contribution in [-0.2, 0) is 0 Å². The highest BCUT2D eigenvalue weighted by Gasteiger charge is 2.12. The summed E-state index contributed by atoms with van der Waals surface area (Å²) in [6, 6.07) is 0. The average Bonchev–Trinajstić information content (AvgIpc) is 2.77. The molecular formula is C8H6BrN3OS2. The minimum Gasteiger partial charge on any atom is -0.318 e. The fraction of sp³-hybridized carbons (Fsp3) is 0.125. The summed E-state index contributed by atoms with van der Waals surface area (Å²) in [4.78, 5) is 11.7. The Morgan fingerprint density at radius 2 is 2.27 bits per heavy atom. The Kier molecular flexibility index (Phi) is 3.13. The molecule has 0 unspecified atom stereocenters. The van der Waals surface area contributed by atoms with Gasteiger partial charge in [-0.3, -0.25) is 4.79 Å². The van der Waals surface area contributed by atoms with Gasteiger partial charge in [0.05, 0.1) is 10.2 Å². The molecule has 2 heterocycles. The molecule has 7 heteroatoms. The normalized spacial score (nSPS) is 10.3. The van der Waals surface area contributed by atoms with E-state index >= 15 is 0 Å². The van der Waals surface area contributed by atoms with Crippen molar-refractivity contribution in [2.24, 2.45) is 0 Å². The summed E-state index contributed by atoms with van der Waals surface area (Å²) in [5.41, 5.74) is 0.762. The van der Waals surface area contributed by atoms with E-state index in [9.17, 15) is 4.79 Å². The van der Waals surface area contributed by atoms with Gasteiger partial charge < -0.3 is 5.32 Å². The van der Waals surface area contributed by atoms with Gasteiger partial charge in [0, 0.05) is 10.8 Å². The topological polar surface area (TPSA) is 54.9 Å². The smallest absolute Gasteiger partial charge is 0.286 e. The number of halogens is 1. The molecule has 1 amide bonds. The van der Waals surface area contributed by atoms with Crippen molar-refractivity contribution in [3.63, 3.8) is 0 Å². The molecule has 0 aliphatic heterocycles. The third kappa shape index (κ3) is 2.42. The lowest BCUT2D eigenvalue weighted by Gasteiger charge is -1.99. The number of anilines is 1. The Morgan fingerprint density at radius 3 is 2.80 bits per heavy atom. The van der Waals surface area contributed by atoms with E-state index in [-0.39, 0.29) is 5.91 Å². The van der Waals surface area contributed by atoms with Gasteiger partial charge in [0.2, 0.25) is 5.01 Å². The van der Waals surface area contributed by atoms with E-state index in [1.54, 1.807) is 0 Å². The van der Waals surface area contributed by atoms with E-state index in [4.69, 9.17) is 0 Å². The third-order valence-corrected chi connectivity index (χ3v) is 4.12. The van der Waals surface area contributed by atoms with Crippen LogP contribution in [0.1, 0.15) is 14.8 Å². The molecular weight excluding hydrogens is 298 g/mol. The van der Waals surface area contributed by atoms with Gasteiger partial charge in [0.15, 0.2) is 0 Å². The molecule has 78 valence electrons. The molecule has 0 aliphatic rings. The third-order valence-electron chi connectivity index (χ3n) is 1.58. The van der Waals surface area contributed by atoms with E-state index in [0.29, 0.717) is 5.01 Å². The molecule has 0 radical (unpaired) electrons. The van der Waals surface area contributed by atoms with Gasteiger partial charge >= 0.3 is 0 Å². The number of hydrogen-bond donors (Lipinski definition) is 1. The van der Waals surface area contributed by atoms with Crippen LogP contribution in [0.25, 0.3) is 0 Å². The summed E-state index contributed by atoms with van der Waals surface area (Å²) in [5.74, 6) is -0.222. The highest BCUT2D eigenvalue weighted by atomic mass is 79.9. The highest BCUT2D eigenvalue weighted by Crippen LogP contribution is 2.27. The monoisotopic (exact) mass is 303 g/mol.